The maximum absolute atomic E-state index is 13.6. The van der Waals surface area contributed by atoms with E-state index < -0.39 is 46.4 Å². The number of hydrogen-bond donors (Lipinski definition) is 0. The number of amides is 2. The van der Waals surface area contributed by atoms with Crippen molar-refractivity contribution in [3.8, 4) is 6.07 Å². The molecule has 0 saturated carbocycles. The standard InChI is InChI=1S/C24H15ClN4O5/c25-16-6-1-2-7-17(16)28-23(31)19-18-10-13(12-26)8-9-27(18)21(20(19)24(28)32)22(30)14-4-3-5-15(11-14)29(33)34/h1-11,18-21H/t18-,19-,20-,21+/m0/s1. The van der Waals surface area contributed by atoms with Crippen molar-refractivity contribution in [2.24, 2.45) is 11.8 Å². The van der Waals surface area contributed by atoms with Crippen LogP contribution in [0.2, 0.25) is 5.02 Å². The number of nitro groups is 1. The van der Waals surface area contributed by atoms with Gasteiger partial charge in [0.25, 0.3) is 5.69 Å². The molecule has 3 aliphatic heterocycles. The fraction of sp³-hybridized carbons (Fsp3) is 0.167. The molecule has 10 heteroatoms. The predicted molar refractivity (Wildman–Crippen MR) is 121 cm³/mol. The van der Waals surface area contributed by atoms with Gasteiger partial charge in [-0.3, -0.25) is 24.5 Å². The summed E-state index contributed by atoms with van der Waals surface area (Å²) in [5.41, 5.74) is 0.320. The number of halogens is 1. The lowest BCUT2D eigenvalue weighted by Gasteiger charge is -2.32. The molecule has 2 aromatic rings. The molecule has 0 aromatic heterocycles. The second-order valence-electron chi connectivity index (χ2n) is 8.12. The van der Waals surface area contributed by atoms with Crippen LogP contribution in [0.1, 0.15) is 10.4 Å². The fourth-order valence-electron chi connectivity index (χ4n) is 4.94. The summed E-state index contributed by atoms with van der Waals surface area (Å²) in [6, 6.07) is 11.9. The van der Waals surface area contributed by atoms with Crippen LogP contribution < -0.4 is 4.90 Å². The van der Waals surface area contributed by atoms with Gasteiger partial charge in [-0.25, -0.2) is 4.90 Å². The molecule has 0 aliphatic carbocycles. The number of imide groups is 1. The zero-order chi connectivity index (χ0) is 24.1. The number of ketones is 1. The second kappa shape index (κ2) is 7.93. The Morgan fingerprint density at radius 1 is 1.09 bits per heavy atom. The van der Waals surface area contributed by atoms with Gasteiger partial charge < -0.3 is 4.90 Å². The van der Waals surface area contributed by atoms with E-state index >= 15 is 0 Å². The van der Waals surface area contributed by atoms with Crippen molar-refractivity contribution in [1.82, 2.24) is 4.90 Å². The SMILES string of the molecule is N#CC1=C[C@H]2[C@@H]3C(=O)N(c4ccccc4Cl)C(=O)[C@@H]3[C@H](C(=O)c3cccc([N+](=O)[O-])c3)N2C=C1. The van der Waals surface area contributed by atoms with Crippen LogP contribution in [0.4, 0.5) is 11.4 Å². The Hall–Kier alpha value is -4.29. The quantitative estimate of drug-likeness (QED) is 0.288. The van der Waals surface area contributed by atoms with Crippen molar-refractivity contribution in [3.05, 3.63) is 93.2 Å². The molecule has 3 heterocycles. The fourth-order valence-corrected chi connectivity index (χ4v) is 5.16. The minimum atomic E-state index is -1.09. The number of fused-ring (bicyclic) bond motifs is 3. The number of carbonyl (C=O) groups excluding carboxylic acids is 3. The number of rotatable bonds is 4. The molecule has 3 aliphatic rings. The van der Waals surface area contributed by atoms with Crippen LogP contribution in [0.15, 0.2) is 72.5 Å². The molecule has 4 atom stereocenters. The molecule has 0 bridgehead atoms. The summed E-state index contributed by atoms with van der Waals surface area (Å²) in [5.74, 6) is -3.61. The van der Waals surface area contributed by atoms with Gasteiger partial charge in [-0.2, -0.15) is 5.26 Å². The van der Waals surface area contributed by atoms with Crippen LogP contribution >= 0.6 is 11.6 Å². The van der Waals surface area contributed by atoms with Gasteiger partial charge in [0.15, 0.2) is 5.78 Å². The van der Waals surface area contributed by atoms with Crippen molar-refractivity contribution in [2.45, 2.75) is 12.1 Å². The summed E-state index contributed by atoms with van der Waals surface area (Å²) in [4.78, 5) is 54.0. The van der Waals surface area contributed by atoms with E-state index in [0.717, 1.165) is 11.0 Å². The van der Waals surface area contributed by atoms with Crippen LogP contribution in [-0.2, 0) is 9.59 Å². The molecule has 2 saturated heterocycles. The molecule has 0 N–H and O–H groups in total. The predicted octanol–water partition coefficient (Wildman–Crippen LogP) is 3.27. The lowest BCUT2D eigenvalue weighted by atomic mass is 9.86. The Morgan fingerprint density at radius 2 is 1.82 bits per heavy atom. The second-order valence-corrected chi connectivity index (χ2v) is 8.53. The Bertz CT molecular complexity index is 1380. The molecule has 5 rings (SSSR count). The minimum Gasteiger partial charge on any atom is -0.359 e. The lowest BCUT2D eigenvalue weighted by molar-refractivity contribution is -0.384. The van der Waals surface area contributed by atoms with Crippen molar-refractivity contribution in [1.29, 1.82) is 5.26 Å². The summed E-state index contributed by atoms with van der Waals surface area (Å²) >= 11 is 6.26. The lowest BCUT2D eigenvalue weighted by Crippen LogP contribution is -2.46. The summed E-state index contributed by atoms with van der Waals surface area (Å²) < 4.78 is 0. The molecular formula is C24H15ClN4O5. The molecule has 0 spiro atoms. The van der Waals surface area contributed by atoms with Gasteiger partial charge in [-0.05, 0) is 24.3 Å². The van der Waals surface area contributed by atoms with Crippen LogP contribution in [0.5, 0.6) is 0 Å². The van der Waals surface area contributed by atoms with E-state index in [0.29, 0.717) is 5.57 Å². The number of carbonyl (C=O) groups is 3. The highest BCUT2D eigenvalue weighted by Crippen LogP contribution is 2.47. The third kappa shape index (κ3) is 3.11. The maximum Gasteiger partial charge on any atom is 0.270 e. The highest BCUT2D eigenvalue weighted by molar-refractivity contribution is 6.36. The molecule has 2 fully saturated rings. The Labute approximate surface area is 198 Å². The summed E-state index contributed by atoms with van der Waals surface area (Å²) in [6.07, 6.45) is 4.60. The number of nitrogens with zero attached hydrogens (tertiary/aromatic N) is 4. The van der Waals surface area contributed by atoms with Crippen molar-refractivity contribution in [3.63, 3.8) is 0 Å². The van der Waals surface area contributed by atoms with Gasteiger partial charge in [0.05, 0.1) is 45.2 Å². The van der Waals surface area contributed by atoms with Crippen LogP contribution in [0.3, 0.4) is 0 Å². The zero-order valence-electron chi connectivity index (χ0n) is 17.4. The first-order chi connectivity index (χ1) is 16.3. The van der Waals surface area contributed by atoms with Gasteiger partial charge in [0.2, 0.25) is 11.8 Å². The largest absolute Gasteiger partial charge is 0.359 e. The first-order valence-corrected chi connectivity index (χ1v) is 10.7. The molecule has 34 heavy (non-hydrogen) atoms. The summed E-state index contributed by atoms with van der Waals surface area (Å²) in [7, 11) is 0. The number of nitro benzene ring substituents is 1. The highest BCUT2D eigenvalue weighted by atomic mass is 35.5. The molecular weight excluding hydrogens is 460 g/mol. The van der Waals surface area contributed by atoms with Gasteiger partial charge in [0.1, 0.15) is 6.04 Å². The number of benzene rings is 2. The van der Waals surface area contributed by atoms with Crippen LogP contribution in [-0.4, -0.2) is 39.5 Å². The smallest absolute Gasteiger partial charge is 0.270 e. The van der Waals surface area contributed by atoms with Gasteiger partial charge in [-0.1, -0.05) is 35.9 Å². The third-order valence-corrected chi connectivity index (χ3v) is 6.70. The number of Topliss-reactive ketones (excluding diaryl/α,β-unsaturated/α-hetero) is 1. The molecule has 0 radical (unpaired) electrons. The van der Waals surface area contributed by atoms with Crippen molar-refractivity contribution >= 4 is 40.6 Å². The molecule has 2 amide bonds. The number of para-hydroxylation sites is 1. The summed E-state index contributed by atoms with van der Waals surface area (Å²) in [5, 5.41) is 20.8. The minimum absolute atomic E-state index is 0.0542. The van der Waals surface area contributed by atoms with E-state index in [9.17, 15) is 29.8 Å². The number of allylic oxidation sites excluding steroid dienone is 2. The molecule has 9 nitrogen and oxygen atoms in total. The van der Waals surface area contributed by atoms with E-state index in [4.69, 9.17) is 11.6 Å². The average molecular weight is 475 g/mol. The first-order valence-electron chi connectivity index (χ1n) is 10.3. The van der Waals surface area contributed by atoms with E-state index in [-0.39, 0.29) is 22.0 Å². The summed E-state index contributed by atoms with van der Waals surface area (Å²) in [6.45, 7) is 0. The van der Waals surface area contributed by atoms with Crippen LogP contribution in [0.25, 0.3) is 0 Å². The maximum atomic E-state index is 13.6. The van der Waals surface area contributed by atoms with Crippen molar-refractivity contribution in [2.75, 3.05) is 4.90 Å². The Kier molecular flexibility index (Phi) is 5.03. The normalized spacial score (nSPS) is 25.0. The Balaban J connectivity index is 1.62. The van der Waals surface area contributed by atoms with E-state index in [2.05, 4.69) is 0 Å². The van der Waals surface area contributed by atoms with Gasteiger partial charge in [-0.15, -0.1) is 0 Å². The van der Waals surface area contributed by atoms with Crippen molar-refractivity contribution < 1.29 is 19.3 Å². The molecule has 2 aromatic carbocycles. The monoisotopic (exact) mass is 474 g/mol. The van der Waals surface area contributed by atoms with Gasteiger partial charge in [0, 0.05) is 23.9 Å². The number of anilines is 1. The molecule has 168 valence electrons. The Morgan fingerprint density at radius 3 is 2.53 bits per heavy atom. The number of non-ortho nitro benzene ring substituents is 1. The topological polar surface area (TPSA) is 125 Å². The number of nitriles is 1. The number of hydrogen-bond acceptors (Lipinski definition) is 7. The van der Waals surface area contributed by atoms with Crippen LogP contribution in [0, 0.1) is 33.3 Å². The molecule has 0 unspecified atom stereocenters. The zero-order valence-corrected chi connectivity index (χ0v) is 18.1. The average Bonchev–Trinajstić information content (AvgIpc) is 3.31. The van der Waals surface area contributed by atoms with E-state index in [1.807, 2.05) is 6.07 Å². The highest BCUT2D eigenvalue weighted by Gasteiger charge is 2.63. The van der Waals surface area contributed by atoms with E-state index in [1.54, 1.807) is 35.2 Å². The van der Waals surface area contributed by atoms with E-state index in [1.165, 1.54) is 30.5 Å². The van der Waals surface area contributed by atoms with Gasteiger partial charge >= 0.3 is 0 Å². The first kappa shape index (κ1) is 21.6. The third-order valence-electron chi connectivity index (χ3n) is 6.38.